The lowest BCUT2D eigenvalue weighted by Gasteiger charge is -2.28. The summed E-state index contributed by atoms with van der Waals surface area (Å²) in [6, 6.07) is 0. The molecule has 0 radical (unpaired) electrons. The third-order valence-electron chi connectivity index (χ3n) is 3.00. The fraction of sp³-hybridized carbons (Fsp3) is 1.00. The van der Waals surface area contributed by atoms with Crippen LogP contribution >= 0.6 is 23.2 Å². The van der Waals surface area contributed by atoms with E-state index in [-0.39, 0.29) is 5.25 Å². The van der Waals surface area contributed by atoms with Gasteiger partial charge in [0.2, 0.25) is 10.0 Å². The molecule has 1 saturated carbocycles. The van der Waals surface area contributed by atoms with Crippen LogP contribution in [0.3, 0.4) is 0 Å². The van der Waals surface area contributed by atoms with Crippen molar-refractivity contribution in [2.24, 2.45) is 0 Å². The highest BCUT2D eigenvalue weighted by atomic mass is 35.5. The Morgan fingerprint density at radius 3 is 1.94 bits per heavy atom. The third kappa shape index (κ3) is 3.76. The van der Waals surface area contributed by atoms with E-state index < -0.39 is 10.0 Å². The minimum absolute atomic E-state index is 0.215. The molecule has 16 heavy (non-hydrogen) atoms. The second-order valence-corrected chi connectivity index (χ2v) is 7.05. The highest BCUT2D eigenvalue weighted by molar-refractivity contribution is 7.89. The van der Waals surface area contributed by atoms with Crippen LogP contribution in [0, 0.1) is 0 Å². The molecule has 1 aliphatic carbocycles. The van der Waals surface area contributed by atoms with Gasteiger partial charge in [0, 0.05) is 24.8 Å². The first-order valence-electron chi connectivity index (χ1n) is 5.74. The Morgan fingerprint density at radius 1 is 1.00 bits per heavy atom. The average Bonchev–Trinajstić information content (AvgIpc) is 2.30. The molecule has 0 N–H and O–H groups in total. The smallest absolute Gasteiger partial charge is 0.212 e. The van der Waals surface area contributed by atoms with E-state index in [1.54, 1.807) is 0 Å². The fourth-order valence-electron chi connectivity index (χ4n) is 2.13. The molecule has 96 valence electrons. The van der Waals surface area contributed by atoms with Crippen LogP contribution in [-0.2, 0) is 10.0 Å². The molecule has 1 aliphatic rings. The van der Waals surface area contributed by atoms with Gasteiger partial charge in [0.25, 0.3) is 0 Å². The molecule has 6 heteroatoms. The zero-order valence-electron chi connectivity index (χ0n) is 9.37. The number of hydrogen-bond acceptors (Lipinski definition) is 2. The molecule has 0 atom stereocenters. The summed E-state index contributed by atoms with van der Waals surface area (Å²) in [7, 11) is -3.18. The zero-order valence-corrected chi connectivity index (χ0v) is 11.7. The zero-order chi connectivity index (χ0) is 12.0. The normalized spacial score (nSPS) is 19.2. The van der Waals surface area contributed by atoms with Crippen molar-refractivity contribution >= 4 is 33.2 Å². The molecule has 1 rings (SSSR count). The number of hydrogen-bond donors (Lipinski definition) is 0. The quantitative estimate of drug-likeness (QED) is 0.704. The number of alkyl halides is 2. The highest BCUT2D eigenvalue weighted by Crippen LogP contribution is 2.26. The molecule has 1 fully saturated rings. The van der Waals surface area contributed by atoms with Crippen molar-refractivity contribution in [3.05, 3.63) is 0 Å². The van der Waals surface area contributed by atoms with Crippen LogP contribution in [0.4, 0.5) is 0 Å². The van der Waals surface area contributed by atoms with E-state index in [4.69, 9.17) is 23.2 Å². The lowest BCUT2D eigenvalue weighted by atomic mass is 10.0. The van der Waals surface area contributed by atoms with Gasteiger partial charge in [0.1, 0.15) is 0 Å². The Morgan fingerprint density at radius 2 is 1.50 bits per heavy atom. The maximum atomic E-state index is 12.3. The van der Waals surface area contributed by atoms with Crippen LogP contribution in [0.15, 0.2) is 0 Å². The van der Waals surface area contributed by atoms with Gasteiger partial charge in [0.05, 0.1) is 5.25 Å². The largest absolute Gasteiger partial charge is 0.217 e. The molecule has 0 amide bonds. The van der Waals surface area contributed by atoms with Gasteiger partial charge < -0.3 is 0 Å². The van der Waals surface area contributed by atoms with Gasteiger partial charge in [0.15, 0.2) is 0 Å². The fourth-order valence-corrected chi connectivity index (χ4v) is 4.78. The van der Waals surface area contributed by atoms with Crippen LogP contribution in [-0.4, -0.2) is 42.8 Å². The third-order valence-corrected chi connectivity index (χ3v) is 5.74. The Hall–Kier alpha value is 0.490. The van der Waals surface area contributed by atoms with E-state index in [1.165, 1.54) is 4.31 Å². The second kappa shape index (κ2) is 7.04. The summed E-state index contributed by atoms with van der Waals surface area (Å²) >= 11 is 11.3. The first-order valence-corrected chi connectivity index (χ1v) is 8.31. The summed E-state index contributed by atoms with van der Waals surface area (Å²) < 4.78 is 26.0. The first-order chi connectivity index (χ1) is 7.62. The van der Waals surface area contributed by atoms with Crippen LogP contribution in [0.1, 0.15) is 32.1 Å². The maximum Gasteiger partial charge on any atom is 0.217 e. The van der Waals surface area contributed by atoms with Gasteiger partial charge in [-0.05, 0) is 12.8 Å². The van der Waals surface area contributed by atoms with Gasteiger partial charge in [-0.15, -0.1) is 23.2 Å². The highest BCUT2D eigenvalue weighted by Gasteiger charge is 2.32. The van der Waals surface area contributed by atoms with Crippen LogP contribution in [0.5, 0.6) is 0 Å². The Bertz CT molecular complexity index is 283. The van der Waals surface area contributed by atoms with Crippen molar-refractivity contribution in [2.45, 2.75) is 37.4 Å². The summed E-state index contributed by atoms with van der Waals surface area (Å²) in [4.78, 5) is 0. The van der Waals surface area contributed by atoms with Crippen molar-refractivity contribution < 1.29 is 8.42 Å². The second-order valence-electron chi connectivity index (χ2n) is 4.08. The van der Waals surface area contributed by atoms with Crippen molar-refractivity contribution in [3.63, 3.8) is 0 Å². The van der Waals surface area contributed by atoms with Crippen LogP contribution in [0.25, 0.3) is 0 Å². The maximum absolute atomic E-state index is 12.3. The van der Waals surface area contributed by atoms with Crippen molar-refractivity contribution in [2.75, 3.05) is 24.8 Å². The van der Waals surface area contributed by atoms with Gasteiger partial charge in [-0.25, -0.2) is 8.42 Å². The Labute approximate surface area is 108 Å². The van der Waals surface area contributed by atoms with E-state index >= 15 is 0 Å². The molecular weight excluding hydrogens is 269 g/mol. The number of halogens is 2. The molecule has 0 aliphatic heterocycles. The summed E-state index contributed by atoms with van der Waals surface area (Å²) in [5, 5.41) is -0.215. The number of rotatable bonds is 6. The Kier molecular flexibility index (Phi) is 6.40. The van der Waals surface area contributed by atoms with E-state index in [0.29, 0.717) is 24.8 Å². The van der Waals surface area contributed by atoms with Crippen LogP contribution < -0.4 is 0 Å². The number of sulfonamides is 1. The molecule has 0 bridgehead atoms. The van der Waals surface area contributed by atoms with Gasteiger partial charge in [-0.1, -0.05) is 19.3 Å². The molecule has 0 unspecified atom stereocenters. The van der Waals surface area contributed by atoms with E-state index in [1.807, 2.05) is 0 Å². The summed E-state index contributed by atoms with van der Waals surface area (Å²) in [5.41, 5.74) is 0. The molecule has 0 spiro atoms. The predicted molar refractivity (Wildman–Crippen MR) is 68.8 cm³/mol. The summed E-state index contributed by atoms with van der Waals surface area (Å²) in [5.74, 6) is 0.645. The summed E-state index contributed by atoms with van der Waals surface area (Å²) in [6.45, 7) is 0.736. The number of nitrogens with zero attached hydrogens (tertiary/aromatic N) is 1. The van der Waals surface area contributed by atoms with E-state index in [0.717, 1.165) is 32.1 Å². The average molecular weight is 288 g/mol. The van der Waals surface area contributed by atoms with Gasteiger partial charge in [-0.3, -0.25) is 0 Å². The first kappa shape index (κ1) is 14.6. The minimum Gasteiger partial charge on any atom is -0.212 e. The molecule has 0 aromatic rings. The standard InChI is InChI=1S/C10H19Cl2NO2S/c11-6-8-13(9-7-12)16(14,15)10-4-2-1-3-5-10/h10H,1-9H2. The molecule has 0 saturated heterocycles. The summed E-state index contributed by atoms with van der Waals surface area (Å²) in [6.07, 6.45) is 4.74. The molecular formula is C10H19Cl2NO2S. The molecule has 0 heterocycles. The molecule has 0 aromatic carbocycles. The van der Waals surface area contributed by atoms with Crippen molar-refractivity contribution in [1.29, 1.82) is 0 Å². The lowest BCUT2D eigenvalue weighted by Crippen LogP contribution is -2.41. The van der Waals surface area contributed by atoms with Gasteiger partial charge >= 0.3 is 0 Å². The van der Waals surface area contributed by atoms with Crippen molar-refractivity contribution in [3.8, 4) is 0 Å². The predicted octanol–water partition coefficient (Wildman–Crippen LogP) is 2.43. The van der Waals surface area contributed by atoms with E-state index in [9.17, 15) is 8.42 Å². The molecule has 3 nitrogen and oxygen atoms in total. The molecule has 0 aromatic heterocycles. The van der Waals surface area contributed by atoms with Gasteiger partial charge in [-0.2, -0.15) is 4.31 Å². The topological polar surface area (TPSA) is 37.4 Å². The lowest BCUT2D eigenvalue weighted by molar-refractivity contribution is 0.412. The van der Waals surface area contributed by atoms with Crippen LogP contribution in [0.2, 0.25) is 0 Å². The van der Waals surface area contributed by atoms with E-state index in [2.05, 4.69) is 0 Å². The van der Waals surface area contributed by atoms with Crippen molar-refractivity contribution in [1.82, 2.24) is 4.31 Å². The Balaban J connectivity index is 2.70. The SMILES string of the molecule is O=S(=O)(C1CCCCC1)N(CCCl)CCCl. The minimum atomic E-state index is -3.18. The monoisotopic (exact) mass is 287 g/mol.